The third-order valence-corrected chi connectivity index (χ3v) is 3.45. The summed E-state index contributed by atoms with van der Waals surface area (Å²) in [6.07, 6.45) is 3.53. The average molecular weight is 262 g/mol. The number of nitrogens with two attached hydrogens (primary N) is 1. The van der Waals surface area contributed by atoms with Crippen molar-refractivity contribution in [3.63, 3.8) is 0 Å². The van der Waals surface area contributed by atoms with Crippen LogP contribution in [-0.4, -0.2) is 37.0 Å². The highest BCUT2D eigenvalue weighted by Gasteiger charge is 2.32. The summed E-state index contributed by atoms with van der Waals surface area (Å²) < 4.78 is 5.29. The molecule has 0 aromatic heterocycles. The molecule has 2 N–H and O–H groups in total. The zero-order valence-electron chi connectivity index (χ0n) is 11.5. The van der Waals surface area contributed by atoms with Crippen LogP contribution in [0.25, 0.3) is 0 Å². The molecule has 0 spiro atoms. The molecular weight excluding hydrogens is 240 g/mol. The SMILES string of the molecule is COc1ccccc1CC(=O)N(CCCN)C1CC1. The second-order valence-electron chi connectivity index (χ2n) is 4.95. The normalized spacial score (nSPS) is 14.2. The molecule has 104 valence electrons. The van der Waals surface area contributed by atoms with Gasteiger partial charge in [0.15, 0.2) is 0 Å². The second kappa shape index (κ2) is 6.57. The van der Waals surface area contributed by atoms with Gasteiger partial charge in [-0.1, -0.05) is 18.2 Å². The van der Waals surface area contributed by atoms with Crippen LogP contribution in [0.1, 0.15) is 24.8 Å². The third-order valence-electron chi connectivity index (χ3n) is 3.45. The predicted molar refractivity (Wildman–Crippen MR) is 75.1 cm³/mol. The number of amides is 1. The minimum atomic E-state index is 0.181. The molecule has 1 aliphatic carbocycles. The summed E-state index contributed by atoms with van der Waals surface area (Å²) in [5.41, 5.74) is 6.49. The summed E-state index contributed by atoms with van der Waals surface area (Å²) in [5, 5.41) is 0. The van der Waals surface area contributed by atoms with E-state index in [1.54, 1.807) is 7.11 Å². The van der Waals surface area contributed by atoms with Crippen LogP contribution < -0.4 is 10.5 Å². The fourth-order valence-electron chi connectivity index (χ4n) is 2.27. The summed E-state index contributed by atoms with van der Waals surface area (Å²) in [6.45, 7) is 1.40. The average Bonchev–Trinajstić information content (AvgIpc) is 3.24. The highest BCUT2D eigenvalue weighted by molar-refractivity contribution is 5.80. The third kappa shape index (κ3) is 3.70. The maximum atomic E-state index is 12.4. The number of carbonyl (C=O) groups excluding carboxylic acids is 1. The van der Waals surface area contributed by atoms with Gasteiger partial charge in [0.05, 0.1) is 13.5 Å². The summed E-state index contributed by atoms with van der Waals surface area (Å²) in [6, 6.07) is 8.13. The van der Waals surface area contributed by atoms with E-state index < -0.39 is 0 Å². The fraction of sp³-hybridized carbons (Fsp3) is 0.533. The van der Waals surface area contributed by atoms with Crippen molar-refractivity contribution in [2.75, 3.05) is 20.2 Å². The highest BCUT2D eigenvalue weighted by Crippen LogP contribution is 2.28. The van der Waals surface area contributed by atoms with E-state index in [1.165, 1.54) is 0 Å². The van der Waals surface area contributed by atoms with E-state index in [0.29, 0.717) is 19.0 Å². The number of carbonyl (C=O) groups is 1. The van der Waals surface area contributed by atoms with Crippen molar-refractivity contribution in [1.82, 2.24) is 4.90 Å². The van der Waals surface area contributed by atoms with E-state index in [1.807, 2.05) is 29.2 Å². The molecule has 4 nitrogen and oxygen atoms in total. The lowest BCUT2D eigenvalue weighted by atomic mass is 10.1. The van der Waals surface area contributed by atoms with Gasteiger partial charge in [-0.3, -0.25) is 4.79 Å². The molecule has 4 heteroatoms. The molecule has 0 bridgehead atoms. The molecule has 0 heterocycles. The zero-order valence-corrected chi connectivity index (χ0v) is 11.5. The maximum absolute atomic E-state index is 12.4. The lowest BCUT2D eigenvalue weighted by Crippen LogP contribution is -2.36. The zero-order chi connectivity index (χ0) is 13.7. The van der Waals surface area contributed by atoms with Crippen LogP contribution in [0.2, 0.25) is 0 Å². The van der Waals surface area contributed by atoms with E-state index in [-0.39, 0.29) is 5.91 Å². The lowest BCUT2D eigenvalue weighted by molar-refractivity contribution is -0.131. The Bertz CT molecular complexity index is 430. The van der Waals surface area contributed by atoms with E-state index in [2.05, 4.69) is 0 Å². The molecule has 1 aromatic carbocycles. The summed E-state index contributed by atoms with van der Waals surface area (Å²) >= 11 is 0. The molecule has 0 radical (unpaired) electrons. The van der Waals surface area contributed by atoms with Gasteiger partial charge in [0.1, 0.15) is 5.75 Å². The lowest BCUT2D eigenvalue weighted by Gasteiger charge is -2.22. The van der Waals surface area contributed by atoms with Crippen molar-refractivity contribution in [1.29, 1.82) is 0 Å². The second-order valence-corrected chi connectivity index (χ2v) is 4.95. The largest absolute Gasteiger partial charge is 0.496 e. The Morgan fingerprint density at radius 1 is 1.42 bits per heavy atom. The summed E-state index contributed by atoms with van der Waals surface area (Å²) in [4.78, 5) is 14.4. The molecule has 1 fully saturated rings. The van der Waals surface area contributed by atoms with Crippen LogP contribution in [0.15, 0.2) is 24.3 Å². The van der Waals surface area contributed by atoms with Crippen molar-refractivity contribution in [2.24, 2.45) is 5.73 Å². The topological polar surface area (TPSA) is 55.6 Å². The van der Waals surface area contributed by atoms with Gasteiger partial charge in [0, 0.05) is 18.2 Å². The van der Waals surface area contributed by atoms with Crippen molar-refractivity contribution in [3.05, 3.63) is 29.8 Å². The summed E-state index contributed by atoms with van der Waals surface area (Å²) in [7, 11) is 1.64. The Kier molecular flexibility index (Phi) is 4.80. The van der Waals surface area contributed by atoms with Crippen LogP contribution in [0.3, 0.4) is 0 Å². The van der Waals surface area contributed by atoms with Gasteiger partial charge in [-0.05, 0) is 31.9 Å². The quantitative estimate of drug-likeness (QED) is 0.811. The molecule has 1 amide bonds. The fourth-order valence-corrected chi connectivity index (χ4v) is 2.27. The minimum absolute atomic E-state index is 0.181. The smallest absolute Gasteiger partial charge is 0.227 e. The minimum Gasteiger partial charge on any atom is -0.496 e. The van der Waals surface area contributed by atoms with Gasteiger partial charge in [-0.15, -0.1) is 0 Å². The Morgan fingerprint density at radius 3 is 2.79 bits per heavy atom. The van der Waals surface area contributed by atoms with Gasteiger partial charge in [-0.25, -0.2) is 0 Å². The predicted octanol–water partition coefficient (Wildman–Crippen LogP) is 1.58. The van der Waals surface area contributed by atoms with Crippen LogP contribution in [0.4, 0.5) is 0 Å². The number of methoxy groups -OCH3 is 1. The van der Waals surface area contributed by atoms with Crippen molar-refractivity contribution in [2.45, 2.75) is 31.7 Å². The molecule has 1 aromatic rings. The first-order chi connectivity index (χ1) is 9.26. The first kappa shape index (κ1) is 13.9. The number of para-hydroxylation sites is 1. The first-order valence-electron chi connectivity index (χ1n) is 6.87. The van der Waals surface area contributed by atoms with Gasteiger partial charge in [-0.2, -0.15) is 0 Å². The molecule has 19 heavy (non-hydrogen) atoms. The van der Waals surface area contributed by atoms with Crippen molar-refractivity contribution >= 4 is 5.91 Å². The molecular formula is C15H22N2O2. The van der Waals surface area contributed by atoms with Gasteiger partial charge in [0.25, 0.3) is 0 Å². The number of ether oxygens (including phenoxy) is 1. The van der Waals surface area contributed by atoms with Crippen molar-refractivity contribution in [3.8, 4) is 5.75 Å². The number of hydrogen-bond donors (Lipinski definition) is 1. The molecule has 0 unspecified atom stereocenters. The monoisotopic (exact) mass is 262 g/mol. The standard InChI is InChI=1S/C15H22N2O2/c1-19-14-6-3-2-5-12(14)11-15(18)17(10-4-9-16)13-7-8-13/h2-3,5-6,13H,4,7-11,16H2,1H3. The van der Waals surface area contributed by atoms with Gasteiger partial charge < -0.3 is 15.4 Å². The van der Waals surface area contributed by atoms with Crippen LogP contribution in [-0.2, 0) is 11.2 Å². The van der Waals surface area contributed by atoms with Crippen LogP contribution >= 0.6 is 0 Å². The van der Waals surface area contributed by atoms with E-state index in [0.717, 1.165) is 37.1 Å². The van der Waals surface area contributed by atoms with Crippen LogP contribution in [0.5, 0.6) is 5.75 Å². The molecule has 0 aliphatic heterocycles. The van der Waals surface area contributed by atoms with Gasteiger partial charge in [0.2, 0.25) is 5.91 Å². The first-order valence-corrected chi connectivity index (χ1v) is 6.87. The van der Waals surface area contributed by atoms with Crippen LogP contribution in [0, 0.1) is 0 Å². The Hall–Kier alpha value is -1.55. The molecule has 2 rings (SSSR count). The number of hydrogen-bond acceptors (Lipinski definition) is 3. The highest BCUT2D eigenvalue weighted by atomic mass is 16.5. The van der Waals surface area contributed by atoms with Gasteiger partial charge >= 0.3 is 0 Å². The Balaban J connectivity index is 2.01. The van der Waals surface area contributed by atoms with E-state index >= 15 is 0 Å². The van der Waals surface area contributed by atoms with E-state index in [4.69, 9.17) is 10.5 Å². The molecule has 1 saturated carbocycles. The van der Waals surface area contributed by atoms with Crippen molar-refractivity contribution < 1.29 is 9.53 Å². The maximum Gasteiger partial charge on any atom is 0.227 e. The Labute approximate surface area is 114 Å². The molecule has 1 aliphatic rings. The molecule has 0 atom stereocenters. The number of nitrogens with zero attached hydrogens (tertiary/aromatic N) is 1. The molecule has 0 saturated heterocycles. The van der Waals surface area contributed by atoms with E-state index in [9.17, 15) is 4.79 Å². The number of benzene rings is 1. The number of rotatable bonds is 7. The Morgan fingerprint density at radius 2 is 2.16 bits per heavy atom. The summed E-state index contributed by atoms with van der Waals surface area (Å²) in [5.74, 6) is 0.964.